The number of carbonyl (C=O) groups is 1. The quantitative estimate of drug-likeness (QED) is 0.250. The van der Waals surface area contributed by atoms with E-state index in [9.17, 15) is 9.59 Å². The van der Waals surface area contributed by atoms with Crippen LogP contribution in [0.5, 0.6) is 11.5 Å². The number of aryl methyl sites for hydroxylation is 1. The maximum atomic E-state index is 13.7. The largest absolute Gasteiger partial charge is 0.490 e. The Morgan fingerprint density at radius 2 is 1.70 bits per heavy atom. The fraction of sp³-hybridized carbons (Fsp3) is 0.290. The topological polar surface area (TPSA) is 69.0 Å². The number of hydrogen-bond donors (Lipinski definition) is 0. The first kappa shape index (κ1) is 24.6. The van der Waals surface area contributed by atoms with Gasteiger partial charge in [0.25, 0.3) is 5.91 Å². The molecule has 0 fully saturated rings. The van der Waals surface area contributed by atoms with Crippen molar-refractivity contribution in [2.24, 2.45) is 0 Å². The molecule has 1 amide bonds. The lowest BCUT2D eigenvalue weighted by atomic mass is 9.97. The van der Waals surface area contributed by atoms with Gasteiger partial charge in [-0.05, 0) is 55.7 Å². The molecule has 2 heterocycles. The first-order chi connectivity index (χ1) is 18.0. The number of amides is 1. The van der Waals surface area contributed by atoms with Crippen LogP contribution in [0.3, 0.4) is 0 Å². The van der Waals surface area contributed by atoms with E-state index < -0.39 is 6.04 Å². The molecule has 190 valence electrons. The lowest BCUT2D eigenvalue weighted by Gasteiger charge is -2.26. The van der Waals surface area contributed by atoms with Gasteiger partial charge in [0.05, 0.1) is 30.2 Å². The van der Waals surface area contributed by atoms with Gasteiger partial charge in [0, 0.05) is 6.54 Å². The van der Waals surface area contributed by atoms with Crippen LogP contribution >= 0.6 is 0 Å². The summed E-state index contributed by atoms with van der Waals surface area (Å²) in [6.45, 7) is 7.45. The SMILES string of the molecule is CCCCOc1ccc(C2c3c(oc4ccccc4c3=O)C(=O)N2Cc2ccc(C)cc2)cc1OCC. The normalized spacial score (nSPS) is 14.7. The van der Waals surface area contributed by atoms with Crippen molar-refractivity contribution in [1.29, 1.82) is 0 Å². The number of ether oxygens (including phenoxy) is 2. The minimum atomic E-state index is -0.617. The van der Waals surface area contributed by atoms with Gasteiger partial charge in [0.2, 0.25) is 5.76 Å². The molecule has 1 aliphatic heterocycles. The monoisotopic (exact) mass is 497 g/mol. The molecule has 0 spiro atoms. The Balaban J connectivity index is 1.64. The second-order valence-corrected chi connectivity index (χ2v) is 9.33. The molecule has 37 heavy (non-hydrogen) atoms. The van der Waals surface area contributed by atoms with E-state index in [2.05, 4.69) is 6.92 Å². The number of fused-ring (bicyclic) bond motifs is 2. The van der Waals surface area contributed by atoms with Crippen molar-refractivity contribution in [3.8, 4) is 11.5 Å². The van der Waals surface area contributed by atoms with Gasteiger partial charge in [0.15, 0.2) is 16.9 Å². The number of benzene rings is 3. The molecule has 0 bridgehead atoms. The van der Waals surface area contributed by atoms with Crippen LogP contribution in [-0.2, 0) is 6.54 Å². The summed E-state index contributed by atoms with van der Waals surface area (Å²) in [5.74, 6) is 1.04. The predicted octanol–water partition coefficient (Wildman–Crippen LogP) is 6.42. The first-order valence-corrected chi connectivity index (χ1v) is 12.8. The van der Waals surface area contributed by atoms with E-state index in [0.717, 1.165) is 29.5 Å². The van der Waals surface area contributed by atoms with Crippen LogP contribution in [0.15, 0.2) is 75.9 Å². The van der Waals surface area contributed by atoms with Crippen LogP contribution in [-0.4, -0.2) is 24.0 Å². The highest BCUT2D eigenvalue weighted by Gasteiger charge is 2.43. The van der Waals surface area contributed by atoms with E-state index in [1.807, 2.05) is 56.3 Å². The Morgan fingerprint density at radius 1 is 0.919 bits per heavy atom. The summed E-state index contributed by atoms with van der Waals surface area (Å²) in [4.78, 5) is 29.2. The average molecular weight is 498 g/mol. The third-order valence-corrected chi connectivity index (χ3v) is 6.69. The predicted molar refractivity (Wildman–Crippen MR) is 143 cm³/mol. The van der Waals surface area contributed by atoms with Crippen molar-refractivity contribution in [2.45, 2.75) is 46.2 Å². The van der Waals surface area contributed by atoms with Crippen molar-refractivity contribution in [3.63, 3.8) is 0 Å². The van der Waals surface area contributed by atoms with E-state index in [-0.39, 0.29) is 17.1 Å². The van der Waals surface area contributed by atoms with Crippen molar-refractivity contribution < 1.29 is 18.7 Å². The number of unbranched alkanes of at least 4 members (excludes halogenated alkanes) is 1. The second-order valence-electron chi connectivity index (χ2n) is 9.33. The van der Waals surface area contributed by atoms with Crippen molar-refractivity contribution in [1.82, 2.24) is 4.90 Å². The molecular formula is C31H31NO5. The van der Waals surface area contributed by atoms with Crippen LogP contribution < -0.4 is 14.9 Å². The maximum Gasteiger partial charge on any atom is 0.291 e. The minimum Gasteiger partial charge on any atom is -0.490 e. The van der Waals surface area contributed by atoms with Crippen LogP contribution in [0.2, 0.25) is 0 Å². The highest BCUT2D eigenvalue weighted by Crippen LogP contribution is 2.41. The van der Waals surface area contributed by atoms with Gasteiger partial charge in [-0.15, -0.1) is 0 Å². The maximum absolute atomic E-state index is 13.7. The lowest BCUT2D eigenvalue weighted by molar-refractivity contribution is 0.0714. The zero-order chi connectivity index (χ0) is 25.9. The third-order valence-electron chi connectivity index (χ3n) is 6.69. The zero-order valence-corrected chi connectivity index (χ0v) is 21.5. The summed E-state index contributed by atoms with van der Waals surface area (Å²) in [6, 6.07) is 20.1. The highest BCUT2D eigenvalue weighted by molar-refractivity contribution is 5.99. The standard InChI is InChI=1S/C31H31NO5/c1-4-6-17-36-25-16-15-22(18-26(25)35-5-2)28-27-29(33)23-9-7-8-10-24(23)37-30(27)31(34)32(28)19-21-13-11-20(3)12-14-21/h7-16,18,28H,4-6,17,19H2,1-3H3. The molecule has 0 saturated heterocycles. The molecule has 1 atom stereocenters. The van der Waals surface area contributed by atoms with Crippen molar-refractivity contribution in [2.75, 3.05) is 13.2 Å². The molecule has 5 rings (SSSR count). The Morgan fingerprint density at radius 3 is 2.46 bits per heavy atom. The third kappa shape index (κ3) is 4.71. The van der Waals surface area contributed by atoms with Crippen LogP contribution in [0, 0.1) is 6.92 Å². The highest BCUT2D eigenvalue weighted by atomic mass is 16.5. The van der Waals surface area contributed by atoms with Crippen LogP contribution in [0.25, 0.3) is 11.0 Å². The molecule has 0 aliphatic carbocycles. The van der Waals surface area contributed by atoms with Gasteiger partial charge in [-0.1, -0.05) is 61.4 Å². The summed E-state index contributed by atoms with van der Waals surface area (Å²) in [7, 11) is 0. The minimum absolute atomic E-state index is 0.0991. The molecule has 1 unspecified atom stereocenters. The molecule has 0 N–H and O–H groups in total. The molecule has 1 aromatic heterocycles. The molecule has 6 nitrogen and oxygen atoms in total. The fourth-order valence-corrected chi connectivity index (χ4v) is 4.78. The number of nitrogens with zero attached hydrogens (tertiary/aromatic N) is 1. The fourth-order valence-electron chi connectivity index (χ4n) is 4.78. The Bertz CT molecular complexity index is 1490. The average Bonchev–Trinajstić information content (AvgIpc) is 3.18. The Hall–Kier alpha value is -4.06. The molecule has 6 heteroatoms. The van der Waals surface area contributed by atoms with E-state index >= 15 is 0 Å². The van der Waals surface area contributed by atoms with Gasteiger partial charge in [-0.25, -0.2) is 0 Å². The second kappa shape index (κ2) is 10.5. The summed E-state index contributed by atoms with van der Waals surface area (Å²) < 4.78 is 17.9. The van der Waals surface area contributed by atoms with Crippen molar-refractivity contribution >= 4 is 16.9 Å². The summed E-state index contributed by atoms with van der Waals surface area (Å²) in [5.41, 5.74) is 3.46. The van der Waals surface area contributed by atoms with E-state index in [1.54, 1.807) is 29.2 Å². The molecule has 1 aliphatic rings. The van der Waals surface area contributed by atoms with E-state index in [1.165, 1.54) is 0 Å². The molecule has 4 aromatic rings. The molecule has 3 aromatic carbocycles. The number of para-hydroxylation sites is 1. The van der Waals surface area contributed by atoms with Crippen LogP contribution in [0.1, 0.15) is 65.5 Å². The summed E-state index contributed by atoms with van der Waals surface area (Å²) in [5, 5.41) is 0.459. The Labute approximate surface area is 216 Å². The Kier molecular flexibility index (Phi) is 6.99. The smallest absolute Gasteiger partial charge is 0.291 e. The number of rotatable bonds is 9. The molecule has 0 saturated carbocycles. The van der Waals surface area contributed by atoms with E-state index in [4.69, 9.17) is 13.9 Å². The van der Waals surface area contributed by atoms with Gasteiger partial charge in [0.1, 0.15) is 5.58 Å². The van der Waals surface area contributed by atoms with Crippen molar-refractivity contribution in [3.05, 3.63) is 105 Å². The van der Waals surface area contributed by atoms with Gasteiger partial charge in [-0.2, -0.15) is 0 Å². The van der Waals surface area contributed by atoms with E-state index in [0.29, 0.717) is 47.8 Å². The van der Waals surface area contributed by atoms with Gasteiger partial charge < -0.3 is 18.8 Å². The molecular weight excluding hydrogens is 466 g/mol. The van der Waals surface area contributed by atoms with Gasteiger partial charge >= 0.3 is 0 Å². The van der Waals surface area contributed by atoms with Crippen LogP contribution in [0.4, 0.5) is 0 Å². The number of carbonyl (C=O) groups excluding carboxylic acids is 1. The molecule has 0 radical (unpaired) electrons. The first-order valence-electron chi connectivity index (χ1n) is 12.8. The summed E-state index contributed by atoms with van der Waals surface area (Å²) in [6.07, 6.45) is 1.97. The zero-order valence-electron chi connectivity index (χ0n) is 21.5. The van der Waals surface area contributed by atoms with Gasteiger partial charge in [-0.3, -0.25) is 9.59 Å². The number of hydrogen-bond acceptors (Lipinski definition) is 5. The lowest BCUT2D eigenvalue weighted by Crippen LogP contribution is -2.29. The summed E-state index contributed by atoms with van der Waals surface area (Å²) >= 11 is 0.